The molecule has 0 fully saturated rings. The number of rotatable bonds is 7. The molecular weight excluding hydrogens is 374 g/mol. The lowest BCUT2D eigenvalue weighted by Gasteiger charge is -2.10. The minimum atomic E-state index is -0.161. The van der Waals surface area contributed by atoms with Gasteiger partial charge in [0.25, 0.3) is 5.91 Å². The fourth-order valence-electron chi connectivity index (χ4n) is 2.68. The van der Waals surface area contributed by atoms with Crippen LogP contribution >= 0.6 is 11.6 Å². The molecular formula is C22H22ClN3O2. The zero-order valence-corrected chi connectivity index (χ0v) is 16.6. The van der Waals surface area contributed by atoms with Gasteiger partial charge in [-0.05, 0) is 54.8 Å². The number of ether oxygens (including phenoxy) is 1. The molecule has 0 bridgehead atoms. The number of carbonyl (C=O) groups excluding carboxylic acids is 1. The highest BCUT2D eigenvalue weighted by atomic mass is 35.5. The summed E-state index contributed by atoms with van der Waals surface area (Å²) < 4.78 is 5.15. The average Bonchev–Trinajstić information content (AvgIpc) is 2.71. The number of methoxy groups -OCH3 is 1. The van der Waals surface area contributed by atoms with Gasteiger partial charge >= 0.3 is 0 Å². The van der Waals surface area contributed by atoms with Gasteiger partial charge in [0.1, 0.15) is 5.75 Å². The Balaban J connectivity index is 1.57. The Hall–Kier alpha value is -3.05. The molecule has 0 aliphatic rings. The molecule has 0 aliphatic heterocycles. The van der Waals surface area contributed by atoms with Crippen molar-refractivity contribution in [3.63, 3.8) is 0 Å². The van der Waals surface area contributed by atoms with E-state index >= 15 is 0 Å². The summed E-state index contributed by atoms with van der Waals surface area (Å²) in [5.74, 6) is 0.657. The topological polar surface area (TPSA) is 63.2 Å². The Labute approximate surface area is 169 Å². The summed E-state index contributed by atoms with van der Waals surface area (Å²) in [6.45, 7) is 2.49. The molecule has 6 heteroatoms. The van der Waals surface area contributed by atoms with Gasteiger partial charge in [0.15, 0.2) is 0 Å². The van der Waals surface area contributed by atoms with Gasteiger partial charge in [0.2, 0.25) is 0 Å². The van der Waals surface area contributed by atoms with Crippen molar-refractivity contribution in [1.29, 1.82) is 0 Å². The van der Waals surface area contributed by atoms with Crippen LogP contribution in [-0.4, -0.2) is 24.5 Å². The van der Waals surface area contributed by atoms with Crippen LogP contribution in [0.2, 0.25) is 5.02 Å². The molecule has 28 heavy (non-hydrogen) atoms. The van der Waals surface area contributed by atoms with Crippen LogP contribution in [0.15, 0.2) is 60.9 Å². The van der Waals surface area contributed by atoms with Gasteiger partial charge in [-0.2, -0.15) is 0 Å². The van der Waals surface area contributed by atoms with E-state index in [2.05, 4.69) is 15.6 Å². The summed E-state index contributed by atoms with van der Waals surface area (Å²) in [4.78, 5) is 16.6. The van der Waals surface area contributed by atoms with E-state index in [9.17, 15) is 4.79 Å². The van der Waals surface area contributed by atoms with Crippen molar-refractivity contribution in [1.82, 2.24) is 10.3 Å². The molecule has 5 nitrogen and oxygen atoms in total. The van der Waals surface area contributed by atoms with E-state index in [-0.39, 0.29) is 5.91 Å². The van der Waals surface area contributed by atoms with Crippen LogP contribution in [0.5, 0.6) is 5.75 Å². The molecule has 144 valence electrons. The number of aromatic nitrogens is 1. The second-order valence-electron chi connectivity index (χ2n) is 6.41. The second-order valence-corrected chi connectivity index (χ2v) is 6.81. The summed E-state index contributed by atoms with van der Waals surface area (Å²) >= 11 is 6.16. The van der Waals surface area contributed by atoms with Gasteiger partial charge < -0.3 is 15.4 Å². The van der Waals surface area contributed by atoms with Crippen LogP contribution in [0.25, 0.3) is 0 Å². The Bertz CT molecular complexity index is 958. The first-order valence-electron chi connectivity index (χ1n) is 8.94. The first-order chi connectivity index (χ1) is 13.5. The number of nitrogens with zero attached hydrogens (tertiary/aromatic N) is 1. The van der Waals surface area contributed by atoms with Crippen molar-refractivity contribution < 1.29 is 9.53 Å². The number of hydrogen-bond donors (Lipinski definition) is 2. The Kier molecular flexibility index (Phi) is 6.50. The highest BCUT2D eigenvalue weighted by Crippen LogP contribution is 2.23. The zero-order valence-electron chi connectivity index (χ0n) is 15.8. The molecule has 3 aromatic rings. The van der Waals surface area contributed by atoms with E-state index in [1.807, 2.05) is 49.4 Å². The van der Waals surface area contributed by atoms with Crippen molar-refractivity contribution in [2.75, 3.05) is 19.0 Å². The second kappa shape index (κ2) is 9.24. The zero-order chi connectivity index (χ0) is 19.9. The Morgan fingerprint density at radius 2 is 1.86 bits per heavy atom. The lowest BCUT2D eigenvalue weighted by molar-refractivity contribution is 0.0954. The third kappa shape index (κ3) is 5.24. The van der Waals surface area contributed by atoms with Crippen LogP contribution in [0, 0.1) is 6.92 Å². The standard InChI is InChI=1S/C22H22ClN3O2/c1-15-3-6-18(12-21(15)23)26-19-11-17(13-24-14-19)22(27)25-10-9-16-4-7-20(28-2)8-5-16/h3-8,11-14,26H,9-10H2,1-2H3,(H,25,27). The Morgan fingerprint density at radius 1 is 1.07 bits per heavy atom. The third-order valence-electron chi connectivity index (χ3n) is 4.32. The summed E-state index contributed by atoms with van der Waals surface area (Å²) in [5.41, 5.74) is 4.20. The van der Waals surface area contributed by atoms with Crippen LogP contribution < -0.4 is 15.4 Å². The molecule has 0 unspecified atom stereocenters. The van der Waals surface area contributed by atoms with Gasteiger partial charge in [0, 0.05) is 23.5 Å². The maximum Gasteiger partial charge on any atom is 0.252 e. The normalized spacial score (nSPS) is 10.4. The van der Waals surface area contributed by atoms with Gasteiger partial charge in [0.05, 0.1) is 24.6 Å². The maximum absolute atomic E-state index is 12.4. The summed E-state index contributed by atoms with van der Waals surface area (Å²) in [6, 6.07) is 15.3. The predicted molar refractivity (Wildman–Crippen MR) is 113 cm³/mol. The molecule has 2 N–H and O–H groups in total. The predicted octanol–water partition coefficient (Wildman–Crippen LogP) is 4.77. The molecule has 0 saturated carbocycles. The number of anilines is 2. The molecule has 3 rings (SSSR count). The van der Waals surface area contributed by atoms with Crippen LogP contribution in [0.3, 0.4) is 0 Å². The van der Waals surface area contributed by atoms with E-state index < -0.39 is 0 Å². The van der Waals surface area contributed by atoms with E-state index in [1.54, 1.807) is 25.6 Å². The monoisotopic (exact) mass is 395 g/mol. The molecule has 1 aromatic heterocycles. The van der Waals surface area contributed by atoms with E-state index in [1.165, 1.54) is 0 Å². The number of benzene rings is 2. The lowest BCUT2D eigenvalue weighted by atomic mass is 10.1. The minimum Gasteiger partial charge on any atom is -0.497 e. The quantitative estimate of drug-likeness (QED) is 0.605. The molecule has 0 saturated heterocycles. The molecule has 0 radical (unpaired) electrons. The summed E-state index contributed by atoms with van der Waals surface area (Å²) in [6.07, 6.45) is 3.96. The largest absolute Gasteiger partial charge is 0.497 e. The van der Waals surface area contributed by atoms with E-state index in [0.29, 0.717) is 17.1 Å². The van der Waals surface area contributed by atoms with Crippen molar-refractivity contribution in [2.45, 2.75) is 13.3 Å². The number of aryl methyl sites for hydroxylation is 1. The van der Waals surface area contributed by atoms with E-state index in [4.69, 9.17) is 16.3 Å². The number of nitrogens with one attached hydrogen (secondary N) is 2. The van der Waals surface area contributed by atoms with Crippen LogP contribution in [0.4, 0.5) is 11.4 Å². The number of carbonyl (C=O) groups is 1. The first kappa shape index (κ1) is 19.7. The highest BCUT2D eigenvalue weighted by molar-refractivity contribution is 6.31. The van der Waals surface area contributed by atoms with Crippen molar-refractivity contribution in [2.24, 2.45) is 0 Å². The number of amides is 1. The minimum absolute atomic E-state index is 0.161. The van der Waals surface area contributed by atoms with Crippen LogP contribution in [-0.2, 0) is 6.42 Å². The van der Waals surface area contributed by atoms with Crippen molar-refractivity contribution >= 4 is 28.9 Å². The number of hydrogen-bond acceptors (Lipinski definition) is 4. The SMILES string of the molecule is COc1ccc(CCNC(=O)c2cncc(Nc3ccc(C)c(Cl)c3)c2)cc1. The molecule has 0 aliphatic carbocycles. The van der Waals surface area contributed by atoms with Crippen molar-refractivity contribution in [3.8, 4) is 5.75 Å². The van der Waals surface area contributed by atoms with Gasteiger partial charge in [-0.3, -0.25) is 9.78 Å². The van der Waals surface area contributed by atoms with Crippen molar-refractivity contribution in [3.05, 3.63) is 82.6 Å². The average molecular weight is 396 g/mol. The number of halogens is 1. The first-order valence-corrected chi connectivity index (χ1v) is 9.32. The molecule has 1 heterocycles. The van der Waals surface area contributed by atoms with Gasteiger partial charge in [-0.25, -0.2) is 0 Å². The lowest BCUT2D eigenvalue weighted by Crippen LogP contribution is -2.25. The third-order valence-corrected chi connectivity index (χ3v) is 4.73. The molecule has 1 amide bonds. The Morgan fingerprint density at radius 3 is 2.57 bits per heavy atom. The van der Waals surface area contributed by atoms with Crippen LogP contribution in [0.1, 0.15) is 21.5 Å². The summed E-state index contributed by atoms with van der Waals surface area (Å²) in [7, 11) is 1.64. The fourth-order valence-corrected chi connectivity index (χ4v) is 2.86. The molecule has 0 atom stereocenters. The molecule has 2 aromatic carbocycles. The fraction of sp³-hybridized carbons (Fsp3) is 0.182. The number of pyridine rings is 1. The smallest absolute Gasteiger partial charge is 0.252 e. The molecule has 0 spiro atoms. The van der Waals surface area contributed by atoms with Gasteiger partial charge in [-0.15, -0.1) is 0 Å². The van der Waals surface area contributed by atoms with E-state index in [0.717, 1.165) is 34.7 Å². The maximum atomic E-state index is 12.4. The van der Waals surface area contributed by atoms with Gasteiger partial charge in [-0.1, -0.05) is 29.8 Å². The summed E-state index contributed by atoms with van der Waals surface area (Å²) in [5, 5.41) is 6.83. The highest BCUT2D eigenvalue weighted by Gasteiger charge is 2.07.